The number of rotatable bonds is 3. The number of carbonyl (C=O) groups is 2. The van der Waals surface area contributed by atoms with E-state index in [1.54, 1.807) is 13.0 Å². The van der Waals surface area contributed by atoms with Gasteiger partial charge in [-0.3, -0.25) is 9.59 Å². The summed E-state index contributed by atoms with van der Waals surface area (Å²) in [4.78, 5) is 24.9. The number of amides is 2. The first-order chi connectivity index (χ1) is 7.11. The minimum Gasteiger partial charge on any atom is -0.343 e. The lowest BCUT2D eigenvalue weighted by molar-refractivity contribution is -0.148. The van der Waals surface area contributed by atoms with Crippen LogP contribution in [0.2, 0.25) is 0 Å². The van der Waals surface area contributed by atoms with Crippen LogP contribution < -0.4 is 5.32 Å². The van der Waals surface area contributed by atoms with E-state index in [4.69, 9.17) is 11.6 Å². The fourth-order valence-corrected chi connectivity index (χ4v) is 1.64. The van der Waals surface area contributed by atoms with E-state index in [-0.39, 0.29) is 11.8 Å². The van der Waals surface area contributed by atoms with E-state index >= 15 is 0 Å². The molecule has 1 aliphatic heterocycles. The third kappa shape index (κ3) is 2.50. The second-order valence-electron chi connectivity index (χ2n) is 3.50. The number of halogens is 1. The van der Waals surface area contributed by atoms with Crippen LogP contribution >= 0.6 is 11.6 Å². The highest BCUT2D eigenvalue weighted by molar-refractivity contribution is 6.25. The molecule has 84 valence electrons. The maximum absolute atomic E-state index is 11.9. The van der Waals surface area contributed by atoms with Gasteiger partial charge in [-0.1, -0.05) is 24.6 Å². The summed E-state index contributed by atoms with van der Waals surface area (Å²) in [6.07, 6.45) is 2.26. The lowest BCUT2D eigenvalue weighted by Crippen LogP contribution is -2.62. The molecule has 0 bridgehead atoms. The first-order valence-electron chi connectivity index (χ1n) is 4.97. The van der Waals surface area contributed by atoms with Crippen LogP contribution in [0, 0.1) is 0 Å². The molecule has 2 amide bonds. The molecule has 0 saturated carbocycles. The average Bonchev–Trinajstić information content (AvgIpc) is 2.23. The van der Waals surface area contributed by atoms with Crippen LogP contribution in [0.25, 0.3) is 0 Å². The van der Waals surface area contributed by atoms with E-state index in [9.17, 15) is 9.59 Å². The highest BCUT2D eigenvalue weighted by atomic mass is 35.5. The summed E-state index contributed by atoms with van der Waals surface area (Å²) in [6.45, 7) is 3.96. The van der Waals surface area contributed by atoms with E-state index in [0.717, 1.165) is 0 Å². The van der Waals surface area contributed by atoms with Gasteiger partial charge in [0.2, 0.25) is 11.8 Å². The van der Waals surface area contributed by atoms with Crippen LogP contribution in [0.5, 0.6) is 0 Å². The third-order valence-corrected chi connectivity index (χ3v) is 2.72. The highest BCUT2D eigenvalue weighted by Crippen LogP contribution is 2.11. The zero-order valence-corrected chi connectivity index (χ0v) is 9.62. The van der Waals surface area contributed by atoms with Crippen molar-refractivity contribution in [1.82, 2.24) is 10.2 Å². The summed E-state index contributed by atoms with van der Waals surface area (Å²) < 4.78 is 0. The van der Waals surface area contributed by atoms with E-state index in [0.29, 0.717) is 13.0 Å². The molecule has 1 fully saturated rings. The van der Waals surface area contributed by atoms with Crippen molar-refractivity contribution in [3.63, 3.8) is 0 Å². The van der Waals surface area contributed by atoms with Gasteiger partial charge in [0.05, 0.1) is 0 Å². The number of carbonyl (C=O) groups excluding carboxylic acids is 2. The van der Waals surface area contributed by atoms with Crippen molar-refractivity contribution < 1.29 is 9.59 Å². The van der Waals surface area contributed by atoms with Gasteiger partial charge in [0.25, 0.3) is 0 Å². The Hall–Kier alpha value is -1.03. The SMILES string of the molecule is CCC1NC(=O)C(C)N(C/C=C/Cl)C1=O. The molecule has 0 aromatic rings. The molecular weight excluding hydrogens is 216 g/mol. The molecule has 15 heavy (non-hydrogen) atoms. The Morgan fingerprint density at radius 1 is 1.53 bits per heavy atom. The van der Waals surface area contributed by atoms with Crippen LogP contribution in [0.1, 0.15) is 20.3 Å². The molecule has 0 aliphatic carbocycles. The molecule has 0 aromatic carbocycles. The van der Waals surface area contributed by atoms with Crippen molar-refractivity contribution in [3.8, 4) is 0 Å². The summed E-state index contributed by atoms with van der Waals surface area (Å²) in [5, 5.41) is 2.68. The average molecular weight is 231 g/mol. The predicted octanol–water partition coefficient (Wildman–Crippen LogP) is 0.864. The third-order valence-electron chi connectivity index (χ3n) is 2.54. The fraction of sp³-hybridized carbons (Fsp3) is 0.600. The highest BCUT2D eigenvalue weighted by Gasteiger charge is 2.36. The van der Waals surface area contributed by atoms with Crippen LogP contribution in [0.3, 0.4) is 0 Å². The molecule has 1 heterocycles. The molecule has 4 nitrogen and oxygen atoms in total. The normalized spacial score (nSPS) is 27.3. The van der Waals surface area contributed by atoms with E-state index in [1.807, 2.05) is 6.92 Å². The Morgan fingerprint density at radius 3 is 2.73 bits per heavy atom. The smallest absolute Gasteiger partial charge is 0.246 e. The minimum atomic E-state index is -0.423. The van der Waals surface area contributed by atoms with Gasteiger partial charge in [-0.2, -0.15) is 0 Å². The molecule has 1 N–H and O–H groups in total. The second kappa shape index (κ2) is 5.16. The summed E-state index contributed by atoms with van der Waals surface area (Å²) >= 11 is 5.40. The second-order valence-corrected chi connectivity index (χ2v) is 3.75. The van der Waals surface area contributed by atoms with Crippen LogP contribution in [0.15, 0.2) is 11.6 Å². The van der Waals surface area contributed by atoms with Crippen molar-refractivity contribution in [2.24, 2.45) is 0 Å². The lowest BCUT2D eigenvalue weighted by atomic mass is 10.1. The predicted molar refractivity (Wildman–Crippen MR) is 58.4 cm³/mol. The molecule has 1 aliphatic rings. The van der Waals surface area contributed by atoms with Gasteiger partial charge in [0, 0.05) is 12.1 Å². The van der Waals surface area contributed by atoms with Crippen molar-refractivity contribution in [2.75, 3.05) is 6.54 Å². The van der Waals surface area contributed by atoms with Crippen molar-refractivity contribution in [3.05, 3.63) is 11.6 Å². The van der Waals surface area contributed by atoms with E-state index in [1.165, 1.54) is 10.4 Å². The summed E-state index contributed by atoms with van der Waals surface area (Å²) in [7, 11) is 0. The van der Waals surface area contributed by atoms with Gasteiger partial charge in [0.15, 0.2) is 0 Å². The Labute approximate surface area is 94.3 Å². The van der Waals surface area contributed by atoms with Crippen LogP contribution in [-0.4, -0.2) is 35.3 Å². The molecular formula is C10H15ClN2O2. The van der Waals surface area contributed by atoms with Gasteiger partial charge in [-0.25, -0.2) is 0 Å². The Bertz CT molecular complexity index is 291. The standard InChI is InChI=1S/C10H15ClN2O2/c1-3-8-10(15)13(6-4-5-11)7(2)9(14)12-8/h4-5,7-8H,3,6H2,1-2H3,(H,12,14)/b5-4+. The van der Waals surface area contributed by atoms with E-state index < -0.39 is 12.1 Å². The number of piperazine rings is 1. The summed E-state index contributed by atoms with van der Waals surface area (Å²) in [5.41, 5.74) is 1.35. The Morgan fingerprint density at radius 2 is 2.20 bits per heavy atom. The number of hydrogen-bond acceptors (Lipinski definition) is 2. The molecule has 1 rings (SSSR count). The Kier molecular flexibility index (Phi) is 4.15. The largest absolute Gasteiger partial charge is 0.343 e. The van der Waals surface area contributed by atoms with Crippen molar-refractivity contribution in [1.29, 1.82) is 0 Å². The Balaban J connectivity index is 2.79. The molecule has 0 spiro atoms. The number of hydrogen-bond donors (Lipinski definition) is 1. The van der Waals surface area contributed by atoms with E-state index in [2.05, 4.69) is 5.32 Å². The van der Waals surface area contributed by atoms with Crippen molar-refractivity contribution in [2.45, 2.75) is 32.4 Å². The van der Waals surface area contributed by atoms with Gasteiger partial charge < -0.3 is 10.2 Å². The first-order valence-corrected chi connectivity index (χ1v) is 5.41. The fourth-order valence-electron chi connectivity index (χ4n) is 1.56. The quantitative estimate of drug-likeness (QED) is 0.782. The molecule has 2 unspecified atom stereocenters. The maximum atomic E-state index is 11.9. The first kappa shape index (κ1) is 12.0. The number of nitrogens with zero attached hydrogens (tertiary/aromatic N) is 1. The topological polar surface area (TPSA) is 49.4 Å². The monoisotopic (exact) mass is 230 g/mol. The molecule has 2 atom stereocenters. The molecule has 1 saturated heterocycles. The molecule has 5 heteroatoms. The van der Waals surface area contributed by atoms with Gasteiger partial charge in [-0.15, -0.1) is 0 Å². The summed E-state index contributed by atoms with van der Waals surface area (Å²) in [5.74, 6) is -0.149. The van der Waals surface area contributed by atoms with Gasteiger partial charge in [0.1, 0.15) is 12.1 Å². The van der Waals surface area contributed by atoms with Crippen LogP contribution in [-0.2, 0) is 9.59 Å². The summed E-state index contributed by atoms with van der Waals surface area (Å²) in [6, 6.07) is -0.814. The zero-order valence-electron chi connectivity index (χ0n) is 8.87. The molecule has 0 radical (unpaired) electrons. The number of nitrogens with one attached hydrogen (secondary N) is 1. The maximum Gasteiger partial charge on any atom is 0.246 e. The molecule has 0 aromatic heterocycles. The van der Waals surface area contributed by atoms with Gasteiger partial charge >= 0.3 is 0 Å². The van der Waals surface area contributed by atoms with Gasteiger partial charge in [-0.05, 0) is 13.3 Å². The minimum absolute atomic E-state index is 0.0423. The lowest BCUT2D eigenvalue weighted by Gasteiger charge is -2.36. The van der Waals surface area contributed by atoms with Crippen molar-refractivity contribution >= 4 is 23.4 Å². The zero-order chi connectivity index (χ0) is 11.4. The van der Waals surface area contributed by atoms with Crippen LogP contribution in [0.4, 0.5) is 0 Å².